The summed E-state index contributed by atoms with van der Waals surface area (Å²) in [6.45, 7) is 3.85. The van der Waals surface area contributed by atoms with Crippen LogP contribution in [0.15, 0.2) is 66.3 Å². The summed E-state index contributed by atoms with van der Waals surface area (Å²) in [5, 5.41) is 5.51. The van der Waals surface area contributed by atoms with E-state index in [1.807, 2.05) is 0 Å². The fraction of sp³-hybridized carbons (Fsp3) is 0.304. The molecule has 3 rings (SSSR count). The molecule has 0 radical (unpaired) electrons. The molecule has 0 saturated heterocycles. The number of sulfonamides is 1. The molecule has 0 unspecified atom stereocenters. The van der Waals surface area contributed by atoms with Crippen LogP contribution in [0.5, 0.6) is 5.75 Å². The minimum absolute atomic E-state index is 0.00218. The molecule has 2 aromatic rings. The van der Waals surface area contributed by atoms with Crippen LogP contribution in [-0.2, 0) is 16.4 Å². The summed E-state index contributed by atoms with van der Waals surface area (Å²) in [6.07, 6.45) is 5.57. The molecule has 3 amide bonds. The lowest BCUT2D eigenvalue weighted by Crippen LogP contribution is -2.43. The van der Waals surface area contributed by atoms with Crippen molar-refractivity contribution in [2.45, 2.75) is 43.0 Å². The molecule has 2 aromatic carbocycles. The van der Waals surface area contributed by atoms with Crippen molar-refractivity contribution in [3.63, 3.8) is 0 Å². The molecule has 9 heteroatoms. The van der Waals surface area contributed by atoms with Gasteiger partial charge in [-0.15, -0.1) is 0 Å². The van der Waals surface area contributed by atoms with Crippen LogP contribution in [0, 0.1) is 0 Å². The molecule has 1 aliphatic rings. The van der Waals surface area contributed by atoms with Crippen LogP contribution in [-0.4, -0.2) is 32.9 Å². The van der Waals surface area contributed by atoms with Crippen molar-refractivity contribution in [3.05, 3.63) is 72.5 Å². The van der Waals surface area contributed by atoms with Gasteiger partial charge in [0, 0.05) is 12.6 Å². The van der Waals surface area contributed by atoms with E-state index < -0.39 is 16.1 Å². The highest BCUT2D eigenvalue weighted by Crippen LogP contribution is 2.19. The number of benzene rings is 2. The summed E-state index contributed by atoms with van der Waals surface area (Å²) in [4.78, 5) is 24.4. The Morgan fingerprint density at radius 3 is 2.44 bits per heavy atom. The van der Waals surface area contributed by atoms with E-state index in [1.165, 1.54) is 18.4 Å². The predicted molar refractivity (Wildman–Crippen MR) is 121 cm³/mol. The topological polar surface area (TPSA) is 114 Å². The Morgan fingerprint density at radius 1 is 1.06 bits per heavy atom. The second-order valence-corrected chi connectivity index (χ2v) is 9.17. The van der Waals surface area contributed by atoms with E-state index in [-0.39, 0.29) is 16.8 Å². The van der Waals surface area contributed by atoms with Crippen LogP contribution in [0.2, 0.25) is 0 Å². The first kappa shape index (κ1) is 23.3. The zero-order valence-electron chi connectivity index (χ0n) is 17.7. The Balaban J connectivity index is 1.51. The Kier molecular flexibility index (Phi) is 7.88. The number of hydrogen-bond donors (Lipinski definition) is 3. The number of rotatable bonds is 9. The number of hydrogen-bond acceptors (Lipinski definition) is 5. The predicted octanol–water partition coefficient (Wildman–Crippen LogP) is 3.11. The highest BCUT2D eigenvalue weighted by molar-refractivity contribution is 7.90. The first-order valence-corrected chi connectivity index (χ1v) is 11.9. The van der Waals surface area contributed by atoms with Crippen LogP contribution in [0.4, 0.5) is 4.79 Å². The maximum Gasteiger partial charge on any atom is 0.328 e. The maximum atomic E-state index is 12.4. The van der Waals surface area contributed by atoms with Crippen molar-refractivity contribution < 1.29 is 22.7 Å². The summed E-state index contributed by atoms with van der Waals surface area (Å²) in [5.74, 6) is 0.137. The Bertz CT molecular complexity index is 1060. The van der Waals surface area contributed by atoms with E-state index in [0.717, 1.165) is 31.2 Å². The van der Waals surface area contributed by atoms with E-state index in [1.54, 1.807) is 36.4 Å². The average molecular weight is 458 g/mol. The summed E-state index contributed by atoms with van der Waals surface area (Å²) < 4.78 is 32.2. The fourth-order valence-corrected chi connectivity index (χ4v) is 4.48. The van der Waals surface area contributed by atoms with Crippen LogP contribution in [0.1, 0.15) is 41.6 Å². The first-order chi connectivity index (χ1) is 15.4. The van der Waals surface area contributed by atoms with Gasteiger partial charge >= 0.3 is 6.03 Å². The average Bonchev–Trinajstić information content (AvgIpc) is 3.27. The Hall–Kier alpha value is -3.33. The van der Waals surface area contributed by atoms with E-state index in [2.05, 4.69) is 21.9 Å². The number of urea groups is 1. The largest absolute Gasteiger partial charge is 0.465 e. The van der Waals surface area contributed by atoms with Gasteiger partial charge in [-0.2, -0.15) is 0 Å². The number of para-hydroxylation sites is 1. The number of nitrogens with one attached hydrogen (secondary N) is 3. The van der Waals surface area contributed by atoms with E-state index in [0.29, 0.717) is 24.3 Å². The molecule has 32 heavy (non-hydrogen) atoms. The van der Waals surface area contributed by atoms with Gasteiger partial charge in [-0.25, -0.2) is 17.9 Å². The molecule has 1 fully saturated rings. The molecule has 1 aliphatic carbocycles. The molecule has 0 bridgehead atoms. The van der Waals surface area contributed by atoms with Gasteiger partial charge in [0.1, 0.15) is 5.75 Å². The van der Waals surface area contributed by atoms with Gasteiger partial charge in [-0.1, -0.05) is 43.7 Å². The zero-order valence-corrected chi connectivity index (χ0v) is 18.5. The van der Waals surface area contributed by atoms with Gasteiger partial charge < -0.3 is 15.4 Å². The smallest absolute Gasteiger partial charge is 0.328 e. The minimum Gasteiger partial charge on any atom is -0.465 e. The van der Waals surface area contributed by atoms with E-state index in [4.69, 9.17) is 4.74 Å². The summed E-state index contributed by atoms with van der Waals surface area (Å²) >= 11 is 0. The second-order valence-electron chi connectivity index (χ2n) is 7.49. The third-order valence-electron chi connectivity index (χ3n) is 5.19. The van der Waals surface area contributed by atoms with Crippen molar-refractivity contribution in [3.8, 4) is 5.75 Å². The minimum atomic E-state index is -3.95. The summed E-state index contributed by atoms with van der Waals surface area (Å²) in [6, 6.07) is 12.4. The normalized spacial score (nSPS) is 13.9. The van der Waals surface area contributed by atoms with Gasteiger partial charge in [-0.05, 0) is 49.1 Å². The molecular formula is C23H27N3O5S. The highest BCUT2D eigenvalue weighted by atomic mass is 32.2. The lowest BCUT2D eigenvalue weighted by molar-refractivity contribution is 0.0951. The lowest BCUT2D eigenvalue weighted by Gasteiger charge is -2.13. The van der Waals surface area contributed by atoms with E-state index >= 15 is 0 Å². The van der Waals surface area contributed by atoms with Gasteiger partial charge in [-0.3, -0.25) is 4.79 Å². The molecule has 0 aliphatic heterocycles. The van der Waals surface area contributed by atoms with Gasteiger partial charge in [0.25, 0.3) is 15.9 Å². The zero-order chi connectivity index (χ0) is 23.0. The number of ether oxygens (including phenoxy) is 1. The first-order valence-electron chi connectivity index (χ1n) is 10.5. The Labute approximate surface area is 188 Å². The van der Waals surface area contributed by atoms with Gasteiger partial charge in [0.05, 0.1) is 16.7 Å². The molecule has 0 atom stereocenters. The lowest BCUT2D eigenvalue weighted by atomic mass is 10.1. The van der Waals surface area contributed by atoms with Crippen LogP contribution in [0.3, 0.4) is 0 Å². The summed E-state index contributed by atoms with van der Waals surface area (Å²) in [7, 11) is -3.95. The molecule has 0 spiro atoms. The van der Waals surface area contributed by atoms with Crippen LogP contribution < -0.4 is 20.1 Å². The SMILES string of the molecule is C=COc1ccccc1C(=O)NCCc1ccc(S(=O)(=O)NC(=O)NC2CCCC2)cc1. The molecule has 0 heterocycles. The van der Waals surface area contributed by atoms with Crippen molar-refractivity contribution in [1.82, 2.24) is 15.4 Å². The third-order valence-corrected chi connectivity index (χ3v) is 6.54. The van der Waals surface area contributed by atoms with Crippen molar-refractivity contribution in [2.24, 2.45) is 0 Å². The highest BCUT2D eigenvalue weighted by Gasteiger charge is 2.21. The molecule has 0 aromatic heterocycles. The molecular weight excluding hydrogens is 430 g/mol. The van der Waals surface area contributed by atoms with Crippen LogP contribution in [0.25, 0.3) is 0 Å². The molecule has 3 N–H and O–H groups in total. The fourth-order valence-electron chi connectivity index (χ4n) is 3.56. The van der Waals surface area contributed by atoms with Gasteiger partial charge in [0.15, 0.2) is 0 Å². The van der Waals surface area contributed by atoms with Crippen molar-refractivity contribution in [1.29, 1.82) is 0 Å². The molecule has 1 saturated carbocycles. The standard InChI is InChI=1S/C23H27N3O5S/c1-2-31-21-10-6-5-9-20(21)22(27)24-16-15-17-11-13-19(14-12-17)32(29,30)26-23(28)25-18-7-3-4-8-18/h2,5-6,9-14,18H,1,3-4,7-8,15-16H2,(H,24,27)(H2,25,26,28). The van der Waals surface area contributed by atoms with Gasteiger partial charge in [0.2, 0.25) is 0 Å². The molecule has 170 valence electrons. The third kappa shape index (κ3) is 6.34. The Morgan fingerprint density at radius 2 is 1.75 bits per heavy atom. The van der Waals surface area contributed by atoms with E-state index in [9.17, 15) is 18.0 Å². The molecule has 8 nitrogen and oxygen atoms in total. The summed E-state index contributed by atoms with van der Waals surface area (Å²) in [5.41, 5.74) is 1.24. The second kappa shape index (κ2) is 10.8. The van der Waals surface area contributed by atoms with Crippen molar-refractivity contribution in [2.75, 3.05) is 6.54 Å². The quantitative estimate of drug-likeness (QED) is 0.501. The van der Waals surface area contributed by atoms with Crippen molar-refractivity contribution >= 4 is 22.0 Å². The number of carbonyl (C=O) groups is 2. The monoisotopic (exact) mass is 457 g/mol. The number of amides is 3. The number of carbonyl (C=O) groups excluding carboxylic acids is 2. The maximum absolute atomic E-state index is 12.4. The van der Waals surface area contributed by atoms with Crippen LogP contribution >= 0.6 is 0 Å².